The number of amides is 3. The average molecular weight is 581 g/mol. The molecule has 0 aromatic heterocycles. The van der Waals surface area contributed by atoms with Crippen LogP contribution >= 0.6 is 23.2 Å². The molecule has 4 aliphatic rings. The number of nitrogens with one attached hydrogen (secondary N) is 1. The fourth-order valence-electron chi connectivity index (χ4n) is 7.08. The molecule has 5 nitrogen and oxygen atoms in total. The molecule has 4 aromatic rings. The van der Waals surface area contributed by atoms with Crippen molar-refractivity contribution in [1.82, 2.24) is 4.90 Å². The molecule has 8 rings (SSSR count). The maximum atomic E-state index is 14.5. The zero-order chi connectivity index (χ0) is 28.5. The van der Waals surface area contributed by atoms with E-state index in [1.165, 1.54) is 0 Å². The van der Waals surface area contributed by atoms with Crippen LogP contribution in [-0.4, -0.2) is 28.7 Å². The van der Waals surface area contributed by atoms with Gasteiger partial charge in [-0.3, -0.25) is 19.3 Å². The number of alkyl halides is 2. The number of hydrogen-bond acceptors (Lipinski definition) is 3. The minimum absolute atomic E-state index is 0.153. The summed E-state index contributed by atoms with van der Waals surface area (Å²) >= 11 is 15.2. The molecule has 4 aromatic carbocycles. The first-order chi connectivity index (χ1) is 19.8. The summed E-state index contributed by atoms with van der Waals surface area (Å²) in [4.78, 5) is 41.6. The molecule has 0 unspecified atom stereocenters. The van der Waals surface area contributed by atoms with E-state index in [0.29, 0.717) is 5.69 Å². The fourth-order valence-corrected chi connectivity index (χ4v) is 8.18. The zero-order valence-corrected chi connectivity index (χ0v) is 23.7. The Morgan fingerprint density at radius 1 is 0.756 bits per heavy atom. The van der Waals surface area contributed by atoms with Crippen LogP contribution in [0, 0.1) is 18.8 Å². The van der Waals surface area contributed by atoms with Crippen LogP contribution in [0.3, 0.4) is 0 Å². The van der Waals surface area contributed by atoms with E-state index in [4.69, 9.17) is 23.2 Å². The number of rotatable bonds is 5. The van der Waals surface area contributed by atoms with Gasteiger partial charge < -0.3 is 5.32 Å². The molecule has 3 atom stereocenters. The van der Waals surface area contributed by atoms with Crippen LogP contribution in [0.15, 0.2) is 103 Å². The van der Waals surface area contributed by atoms with Crippen molar-refractivity contribution in [3.63, 3.8) is 0 Å². The second-order valence-corrected chi connectivity index (χ2v) is 12.3. The molecule has 1 heterocycles. The van der Waals surface area contributed by atoms with Gasteiger partial charge in [-0.25, -0.2) is 0 Å². The van der Waals surface area contributed by atoms with Crippen LogP contribution in [0.2, 0.25) is 0 Å². The zero-order valence-electron chi connectivity index (χ0n) is 22.2. The monoisotopic (exact) mass is 580 g/mol. The molecular weight excluding hydrogens is 555 g/mol. The normalized spacial score (nSPS) is 26.3. The lowest BCUT2D eigenvalue weighted by atomic mass is 9.54. The molecule has 1 N–H and O–H groups in total. The number of likely N-dealkylation sites (tertiary alicyclic amines) is 1. The third kappa shape index (κ3) is 3.58. The predicted molar refractivity (Wildman–Crippen MR) is 159 cm³/mol. The highest BCUT2D eigenvalue weighted by Crippen LogP contribution is 2.69. The quantitative estimate of drug-likeness (QED) is 0.228. The Kier molecular flexibility index (Phi) is 5.90. The van der Waals surface area contributed by atoms with Crippen LogP contribution in [0.5, 0.6) is 0 Å². The van der Waals surface area contributed by atoms with Crippen molar-refractivity contribution in [1.29, 1.82) is 0 Å². The van der Waals surface area contributed by atoms with Crippen molar-refractivity contribution in [2.45, 2.75) is 29.1 Å². The number of hydrogen-bond donors (Lipinski definition) is 1. The Morgan fingerprint density at radius 3 is 1.73 bits per heavy atom. The lowest BCUT2D eigenvalue weighted by Gasteiger charge is -2.54. The average Bonchev–Trinajstić information content (AvgIpc) is 3.26. The third-order valence-electron chi connectivity index (χ3n) is 8.79. The van der Waals surface area contributed by atoms with Crippen molar-refractivity contribution in [3.05, 3.63) is 137 Å². The second-order valence-electron chi connectivity index (χ2n) is 11.1. The molecule has 1 saturated heterocycles. The highest BCUT2D eigenvalue weighted by atomic mass is 35.5. The molecule has 0 saturated carbocycles. The molecule has 2 bridgehead atoms. The Labute approximate surface area is 248 Å². The van der Waals surface area contributed by atoms with E-state index in [2.05, 4.69) is 5.32 Å². The Hall–Kier alpha value is -3.93. The van der Waals surface area contributed by atoms with Gasteiger partial charge in [0.2, 0.25) is 17.7 Å². The molecule has 1 fully saturated rings. The van der Waals surface area contributed by atoms with Gasteiger partial charge in [-0.2, -0.15) is 0 Å². The summed E-state index contributed by atoms with van der Waals surface area (Å²) < 4.78 is 0. The topological polar surface area (TPSA) is 66.5 Å². The molecule has 1 aliphatic heterocycles. The van der Waals surface area contributed by atoms with Gasteiger partial charge in [0, 0.05) is 12.1 Å². The van der Waals surface area contributed by atoms with Crippen molar-refractivity contribution >= 4 is 46.6 Å². The fraction of sp³-hybridized carbons (Fsp3) is 0.206. The Bertz CT molecular complexity index is 1620. The maximum absolute atomic E-state index is 14.5. The number of carbonyl (C=O) groups excluding carboxylic acids is 3. The van der Waals surface area contributed by atoms with Crippen LogP contribution in [-0.2, 0) is 30.6 Å². The number of halogens is 2. The van der Waals surface area contributed by atoms with E-state index in [1.807, 2.05) is 104 Å². The van der Waals surface area contributed by atoms with Gasteiger partial charge in [0.15, 0.2) is 0 Å². The van der Waals surface area contributed by atoms with Gasteiger partial charge in [0.25, 0.3) is 0 Å². The summed E-state index contributed by atoms with van der Waals surface area (Å²) in [6.07, 6.45) is 0.153. The molecule has 0 radical (unpaired) electrons. The highest BCUT2D eigenvalue weighted by Gasteiger charge is 2.73. The minimum atomic E-state index is -1.31. The van der Waals surface area contributed by atoms with Gasteiger partial charge in [-0.15, -0.1) is 23.2 Å². The lowest BCUT2D eigenvalue weighted by molar-refractivity contribution is -0.146. The third-order valence-corrected chi connectivity index (χ3v) is 10.1. The van der Waals surface area contributed by atoms with E-state index < -0.39 is 45.3 Å². The Morgan fingerprint density at radius 2 is 1.24 bits per heavy atom. The van der Waals surface area contributed by atoms with Crippen LogP contribution in [0.4, 0.5) is 5.69 Å². The summed E-state index contributed by atoms with van der Waals surface area (Å²) in [5, 5.41) is 2.94. The minimum Gasteiger partial charge on any atom is -0.324 e. The first-order valence-electron chi connectivity index (χ1n) is 13.6. The van der Waals surface area contributed by atoms with Gasteiger partial charge in [-0.1, -0.05) is 91.0 Å². The van der Waals surface area contributed by atoms with E-state index in [9.17, 15) is 14.4 Å². The summed E-state index contributed by atoms with van der Waals surface area (Å²) in [7, 11) is 0. The van der Waals surface area contributed by atoms with Gasteiger partial charge in [-0.05, 0) is 52.4 Å². The van der Waals surface area contributed by atoms with E-state index >= 15 is 0 Å². The van der Waals surface area contributed by atoms with Gasteiger partial charge in [0.05, 0.1) is 11.8 Å². The standard InChI is InChI=1S/C34H26Cl2N2O3/c1-20-10-9-13-22(18-20)37-30(39)27(19-21-11-3-2-4-12-21)38-31(40)28-29(32(38)41)34(36)24-15-6-5-14-23(24)33(28,35)25-16-7-8-17-26(25)34/h2-18,27-29H,19H2,1H3,(H,37,39)/t27-,28-,29+,33?,34?/m1/s1. The summed E-state index contributed by atoms with van der Waals surface area (Å²) in [6, 6.07) is 30.7. The van der Waals surface area contributed by atoms with Crippen LogP contribution in [0.1, 0.15) is 33.4 Å². The molecule has 0 spiro atoms. The summed E-state index contributed by atoms with van der Waals surface area (Å²) in [5.41, 5.74) is 5.29. The maximum Gasteiger partial charge on any atom is 0.248 e. The number of anilines is 1. The SMILES string of the molecule is Cc1cccc(NC(=O)[C@@H](Cc2ccccc2)N2C(=O)[C@@H]3[C@H](C2=O)C2(Cl)c4ccccc4C3(Cl)c3ccccc32)c1. The molecule has 7 heteroatoms. The molecular formula is C34H26Cl2N2O3. The van der Waals surface area contributed by atoms with Gasteiger partial charge >= 0.3 is 0 Å². The van der Waals surface area contributed by atoms with E-state index in [-0.39, 0.29) is 6.42 Å². The first-order valence-corrected chi connectivity index (χ1v) is 14.4. The molecule has 204 valence electrons. The van der Waals surface area contributed by atoms with E-state index in [0.717, 1.165) is 38.3 Å². The number of aryl methyl sites for hydroxylation is 1. The lowest BCUT2D eigenvalue weighted by Crippen LogP contribution is -2.57. The largest absolute Gasteiger partial charge is 0.324 e. The Balaban J connectivity index is 1.37. The molecule has 3 amide bonds. The van der Waals surface area contributed by atoms with Crippen molar-refractivity contribution in [3.8, 4) is 0 Å². The van der Waals surface area contributed by atoms with Crippen molar-refractivity contribution in [2.24, 2.45) is 11.8 Å². The summed E-state index contributed by atoms with van der Waals surface area (Å²) in [5.74, 6) is -3.35. The predicted octanol–water partition coefficient (Wildman–Crippen LogP) is 6.14. The number of carbonyl (C=O) groups is 3. The van der Waals surface area contributed by atoms with Crippen molar-refractivity contribution in [2.75, 3.05) is 5.32 Å². The molecule has 41 heavy (non-hydrogen) atoms. The number of nitrogens with zero attached hydrogens (tertiary/aromatic N) is 1. The second kappa shape index (κ2) is 9.30. The van der Waals surface area contributed by atoms with Gasteiger partial charge in [0.1, 0.15) is 15.8 Å². The highest BCUT2D eigenvalue weighted by molar-refractivity contribution is 6.36. The number of imide groups is 1. The summed E-state index contributed by atoms with van der Waals surface area (Å²) in [6.45, 7) is 1.93. The molecule has 3 aliphatic carbocycles. The first kappa shape index (κ1) is 26.0. The van der Waals surface area contributed by atoms with Crippen LogP contribution < -0.4 is 5.32 Å². The number of benzene rings is 4. The van der Waals surface area contributed by atoms with E-state index in [1.54, 1.807) is 6.07 Å². The van der Waals surface area contributed by atoms with Crippen LogP contribution in [0.25, 0.3) is 0 Å². The smallest absolute Gasteiger partial charge is 0.248 e. The van der Waals surface area contributed by atoms with Crippen molar-refractivity contribution < 1.29 is 14.4 Å².